The van der Waals surface area contributed by atoms with E-state index in [4.69, 9.17) is 14.4 Å². The van der Waals surface area contributed by atoms with Crippen molar-refractivity contribution in [3.05, 3.63) is 71.3 Å². The quantitative estimate of drug-likeness (QED) is 0.309. The molecule has 27 heavy (non-hydrogen) atoms. The van der Waals surface area contributed by atoms with E-state index in [1.54, 1.807) is 55.5 Å². The summed E-state index contributed by atoms with van der Waals surface area (Å²) in [5, 5.41) is 7.62. The molecular formula is C20H20N2O5. The lowest BCUT2D eigenvalue weighted by Crippen LogP contribution is -2.19. The van der Waals surface area contributed by atoms with Crippen LogP contribution in [0.4, 0.5) is 0 Å². The lowest BCUT2D eigenvalue weighted by atomic mass is 10.0. The third-order valence-corrected chi connectivity index (χ3v) is 3.62. The van der Waals surface area contributed by atoms with Gasteiger partial charge in [-0.05, 0) is 6.92 Å². The molecular weight excluding hydrogens is 348 g/mol. The topological polar surface area (TPSA) is 86.6 Å². The van der Waals surface area contributed by atoms with Crippen LogP contribution in [0.1, 0.15) is 28.4 Å². The first-order valence-corrected chi connectivity index (χ1v) is 8.12. The number of carbonyl (C=O) groups is 2. The van der Waals surface area contributed by atoms with Crippen molar-refractivity contribution < 1.29 is 24.0 Å². The highest BCUT2D eigenvalue weighted by Gasteiger charge is 2.19. The van der Waals surface area contributed by atoms with Crippen LogP contribution in [0.15, 0.2) is 64.9 Å². The van der Waals surface area contributed by atoms with Gasteiger partial charge < -0.3 is 14.4 Å². The van der Waals surface area contributed by atoms with E-state index >= 15 is 0 Å². The molecule has 0 saturated heterocycles. The average Bonchev–Trinajstić information content (AvgIpc) is 2.72. The van der Waals surface area contributed by atoms with Gasteiger partial charge in [0.1, 0.15) is 19.4 Å². The Bertz CT molecular complexity index is 860. The third kappa shape index (κ3) is 5.24. The summed E-state index contributed by atoms with van der Waals surface area (Å²) in [6.45, 7) is 1.61. The summed E-state index contributed by atoms with van der Waals surface area (Å²) < 4.78 is 4.73. The lowest BCUT2D eigenvalue weighted by Gasteiger charge is -2.09. The van der Waals surface area contributed by atoms with Crippen LogP contribution in [-0.2, 0) is 25.8 Å². The third-order valence-electron chi connectivity index (χ3n) is 3.62. The van der Waals surface area contributed by atoms with Crippen molar-refractivity contribution in [3.63, 3.8) is 0 Å². The number of benzene rings is 2. The number of hydrogen-bond donors (Lipinski definition) is 0. The Morgan fingerprint density at radius 1 is 0.926 bits per heavy atom. The molecule has 0 atom stereocenters. The highest BCUT2D eigenvalue weighted by Crippen LogP contribution is 2.13. The van der Waals surface area contributed by atoms with Crippen molar-refractivity contribution in [2.75, 3.05) is 14.2 Å². The second-order valence-corrected chi connectivity index (χ2v) is 5.42. The van der Waals surface area contributed by atoms with Gasteiger partial charge >= 0.3 is 5.97 Å². The van der Waals surface area contributed by atoms with Gasteiger partial charge in [0.15, 0.2) is 5.71 Å². The zero-order valence-corrected chi connectivity index (χ0v) is 15.3. The Balaban J connectivity index is 2.16. The maximum absolute atomic E-state index is 12.3. The normalized spacial score (nSPS) is 11.7. The Labute approximate surface area is 157 Å². The van der Waals surface area contributed by atoms with E-state index < -0.39 is 5.97 Å². The molecule has 0 bridgehead atoms. The Morgan fingerprint density at radius 2 is 1.59 bits per heavy atom. The zero-order valence-electron chi connectivity index (χ0n) is 15.3. The minimum Gasteiger partial charge on any atom is -0.464 e. The Kier molecular flexibility index (Phi) is 7.25. The SMILES string of the molecule is CON=C(C(=O)OC)c1ccccc1CON=C(C)C(=O)c1ccccc1. The smallest absolute Gasteiger partial charge is 0.360 e. The number of rotatable bonds is 8. The van der Waals surface area contributed by atoms with E-state index in [9.17, 15) is 9.59 Å². The molecule has 0 fully saturated rings. The summed E-state index contributed by atoms with van der Waals surface area (Å²) >= 11 is 0. The number of methoxy groups -OCH3 is 1. The maximum Gasteiger partial charge on any atom is 0.360 e. The zero-order chi connectivity index (χ0) is 19.6. The molecule has 0 amide bonds. The van der Waals surface area contributed by atoms with E-state index in [2.05, 4.69) is 10.3 Å². The van der Waals surface area contributed by atoms with Crippen LogP contribution < -0.4 is 0 Å². The molecule has 2 aromatic carbocycles. The van der Waals surface area contributed by atoms with E-state index in [1.165, 1.54) is 14.2 Å². The van der Waals surface area contributed by atoms with Crippen LogP contribution in [0.5, 0.6) is 0 Å². The molecule has 0 saturated carbocycles. The highest BCUT2D eigenvalue weighted by atomic mass is 16.6. The molecule has 0 heterocycles. The molecule has 2 rings (SSSR count). The van der Waals surface area contributed by atoms with Gasteiger partial charge in [0.2, 0.25) is 5.78 Å². The number of ketones is 1. The predicted octanol–water partition coefficient (Wildman–Crippen LogP) is 2.99. The van der Waals surface area contributed by atoms with Gasteiger partial charge in [0.25, 0.3) is 0 Å². The van der Waals surface area contributed by atoms with Crippen LogP contribution in [0.2, 0.25) is 0 Å². The number of nitrogens with zero attached hydrogens (tertiary/aromatic N) is 2. The second kappa shape index (κ2) is 9.86. The van der Waals surface area contributed by atoms with Gasteiger partial charge in [-0.2, -0.15) is 0 Å². The number of oxime groups is 2. The number of hydrogen-bond acceptors (Lipinski definition) is 7. The Hall–Kier alpha value is -3.48. The number of esters is 1. The molecule has 7 nitrogen and oxygen atoms in total. The van der Waals surface area contributed by atoms with Gasteiger partial charge in [0, 0.05) is 16.7 Å². The molecule has 0 aliphatic carbocycles. The van der Waals surface area contributed by atoms with Gasteiger partial charge in [-0.3, -0.25) is 4.79 Å². The van der Waals surface area contributed by atoms with E-state index in [1.807, 2.05) is 6.07 Å². The van der Waals surface area contributed by atoms with E-state index in [0.717, 1.165) is 0 Å². The van der Waals surface area contributed by atoms with Crippen LogP contribution in [0, 0.1) is 0 Å². The van der Waals surface area contributed by atoms with Gasteiger partial charge in [-0.15, -0.1) is 0 Å². The van der Waals surface area contributed by atoms with Gasteiger partial charge in [0.05, 0.1) is 7.11 Å². The minimum absolute atomic E-state index is 0.0141. The highest BCUT2D eigenvalue weighted by molar-refractivity contribution is 6.45. The lowest BCUT2D eigenvalue weighted by molar-refractivity contribution is -0.132. The summed E-state index contributed by atoms with van der Waals surface area (Å²) in [5.41, 5.74) is 1.90. The maximum atomic E-state index is 12.3. The number of carbonyl (C=O) groups excluding carboxylic acids is 2. The molecule has 0 aliphatic rings. The number of ether oxygens (including phenoxy) is 1. The van der Waals surface area contributed by atoms with Crippen molar-refractivity contribution in [2.45, 2.75) is 13.5 Å². The van der Waals surface area contributed by atoms with Crippen LogP contribution >= 0.6 is 0 Å². The van der Waals surface area contributed by atoms with Gasteiger partial charge in [-0.1, -0.05) is 64.9 Å². The van der Waals surface area contributed by atoms with Crippen molar-refractivity contribution in [2.24, 2.45) is 10.3 Å². The average molecular weight is 368 g/mol. The molecule has 0 aliphatic heterocycles. The first-order chi connectivity index (χ1) is 13.1. The largest absolute Gasteiger partial charge is 0.464 e. The standard InChI is InChI=1S/C20H20N2O5/c1-14(19(23)15-9-5-4-6-10-15)21-27-13-16-11-7-8-12-17(16)18(22-26-3)20(24)25-2/h4-12H,13H2,1-3H3. The molecule has 0 unspecified atom stereocenters. The van der Waals surface area contributed by atoms with Crippen molar-refractivity contribution >= 4 is 23.2 Å². The predicted molar refractivity (Wildman–Crippen MR) is 101 cm³/mol. The molecule has 0 aromatic heterocycles. The van der Waals surface area contributed by atoms with E-state index in [0.29, 0.717) is 16.7 Å². The van der Waals surface area contributed by atoms with Crippen molar-refractivity contribution in [3.8, 4) is 0 Å². The fourth-order valence-corrected chi connectivity index (χ4v) is 2.30. The van der Waals surface area contributed by atoms with E-state index in [-0.39, 0.29) is 23.8 Å². The number of Topliss-reactive ketones (excluding diaryl/α,β-unsaturated/α-hetero) is 1. The van der Waals surface area contributed by atoms with Crippen LogP contribution in [0.3, 0.4) is 0 Å². The van der Waals surface area contributed by atoms with Crippen LogP contribution in [-0.4, -0.2) is 37.4 Å². The summed E-state index contributed by atoms with van der Waals surface area (Å²) in [6, 6.07) is 15.8. The van der Waals surface area contributed by atoms with Crippen molar-refractivity contribution in [1.29, 1.82) is 0 Å². The summed E-state index contributed by atoms with van der Waals surface area (Å²) in [4.78, 5) is 34.3. The van der Waals surface area contributed by atoms with Crippen molar-refractivity contribution in [1.82, 2.24) is 0 Å². The van der Waals surface area contributed by atoms with Gasteiger partial charge in [-0.25, -0.2) is 4.79 Å². The second-order valence-electron chi connectivity index (χ2n) is 5.42. The fourth-order valence-electron chi connectivity index (χ4n) is 2.30. The summed E-state index contributed by atoms with van der Waals surface area (Å²) in [6.07, 6.45) is 0. The molecule has 0 N–H and O–H groups in total. The molecule has 7 heteroatoms. The molecule has 140 valence electrons. The minimum atomic E-state index is -0.636. The summed E-state index contributed by atoms with van der Waals surface area (Å²) in [7, 11) is 2.60. The van der Waals surface area contributed by atoms with Crippen LogP contribution in [0.25, 0.3) is 0 Å². The monoisotopic (exact) mass is 368 g/mol. The first-order valence-electron chi connectivity index (χ1n) is 8.12. The molecule has 0 radical (unpaired) electrons. The molecule has 2 aromatic rings. The Morgan fingerprint density at radius 3 is 2.26 bits per heavy atom. The fraction of sp³-hybridized carbons (Fsp3) is 0.200. The first kappa shape index (κ1) is 19.8. The molecule has 0 spiro atoms. The summed E-state index contributed by atoms with van der Waals surface area (Å²) in [5.74, 6) is -0.858.